The lowest BCUT2D eigenvalue weighted by molar-refractivity contribution is 0.0834. The average Bonchev–Trinajstić information content (AvgIpc) is 2.69. The number of hydrogen-bond acceptors (Lipinski definition) is 3. The average molecular weight is 317 g/mol. The summed E-state index contributed by atoms with van der Waals surface area (Å²) in [6.07, 6.45) is 5.62. The van der Waals surface area contributed by atoms with Crippen molar-refractivity contribution in [2.45, 2.75) is 18.8 Å². The van der Waals surface area contributed by atoms with Crippen molar-refractivity contribution in [3.8, 4) is 0 Å². The Morgan fingerprint density at radius 2 is 2.18 bits per heavy atom. The van der Waals surface area contributed by atoms with E-state index in [9.17, 15) is 0 Å². The molecule has 0 spiro atoms. The van der Waals surface area contributed by atoms with Crippen LogP contribution < -0.4 is 0 Å². The third-order valence-corrected chi connectivity index (χ3v) is 3.91. The van der Waals surface area contributed by atoms with Crippen molar-refractivity contribution >= 4 is 33.0 Å². The van der Waals surface area contributed by atoms with Gasteiger partial charge in [-0.3, -0.25) is 4.40 Å². The quantitative estimate of drug-likeness (QED) is 0.812. The van der Waals surface area contributed by atoms with Gasteiger partial charge in [-0.05, 0) is 28.8 Å². The Morgan fingerprint density at radius 3 is 2.94 bits per heavy atom. The van der Waals surface area contributed by atoms with Crippen molar-refractivity contribution < 1.29 is 4.74 Å². The molecule has 0 radical (unpaired) electrons. The summed E-state index contributed by atoms with van der Waals surface area (Å²) in [6.45, 7) is 1.60. The molecule has 0 aromatic carbocycles. The van der Waals surface area contributed by atoms with Gasteiger partial charge in [0.1, 0.15) is 15.9 Å². The van der Waals surface area contributed by atoms with Crippen LogP contribution in [0.15, 0.2) is 17.0 Å². The zero-order valence-corrected chi connectivity index (χ0v) is 11.4. The molecule has 0 amide bonds. The Bertz CT molecular complexity index is 551. The first-order chi connectivity index (χ1) is 8.27. The Morgan fingerprint density at radius 1 is 1.41 bits per heavy atom. The SMILES string of the molecule is Clc1nccn2c(C3CCOCC3)nc(Br)c12. The predicted molar refractivity (Wildman–Crippen MR) is 68.5 cm³/mol. The molecule has 6 heteroatoms. The molecule has 3 heterocycles. The summed E-state index contributed by atoms with van der Waals surface area (Å²) in [5.74, 6) is 1.47. The van der Waals surface area contributed by atoms with Gasteiger partial charge in [-0.2, -0.15) is 0 Å². The largest absolute Gasteiger partial charge is 0.381 e. The maximum Gasteiger partial charge on any atom is 0.155 e. The van der Waals surface area contributed by atoms with Gasteiger partial charge in [0, 0.05) is 31.5 Å². The zero-order chi connectivity index (χ0) is 11.8. The van der Waals surface area contributed by atoms with Gasteiger partial charge in [0.2, 0.25) is 0 Å². The summed E-state index contributed by atoms with van der Waals surface area (Å²) in [6, 6.07) is 0. The lowest BCUT2D eigenvalue weighted by Crippen LogP contribution is -2.16. The van der Waals surface area contributed by atoms with E-state index in [-0.39, 0.29) is 0 Å². The van der Waals surface area contributed by atoms with Crippen LogP contribution in [0, 0.1) is 0 Å². The van der Waals surface area contributed by atoms with Crippen LogP contribution in [-0.4, -0.2) is 27.6 Å². The summed E-state index contributed by atoms with van der Waals surface area (Å²) in [7, 11) is 0. The second-order valence-corrected chi connectivity index (χ2v) is 5.19. The molecule has 3 rings (SSSR count). The van der Waals surface area contributed by atoms with E-state index in [2.05, 4.69) is 25.9 Å². The molecule has 0 saturated carbocycles. The van der Waals surface area contributed by atoms with Crippen LogP contribution in [0.25, 0.3) is 5.52 Å². The van der Waals surface area contributed by atoms with Crippen molar-refractivity contribution in [1.29, 1.82) is 0 Å². The number of rotatable bonds is 1. The van der Waals surface area contributed by atoms with E-state index in [0.29, 0.717) is 11.1 Å². The van der Waals surface area contributed by atoms with Crippen molar-refractivity contribution in [2.24, 2.45) is 0 Å². The second kappa shape index (κ2) is 4.55. The van der Waals surface area contributed by atoms with Crippen molar-refractivity contribution in [3.63, 3.8) is 0 Å². The normalized spacial score (nSPS) is 17.8. The third kappa shape index (κ3) is 1.96. The third-order valence-electron chi connectivity index (χ3n) is 3.08. The van der Waals surface area contributed by atoms with Crippen molar-refractivity contribution in [1.82, 2.24) is 14.4 Å². The molecule has 0 bridgehead atoms. The Balaban J connectivity index is 2.13. The van der Waals surface area contributed by atoms with Gasteiger partial charge < -0.3 is 4.74 Å². The fourth-order valence-corrected chi connectivity index (χ4v) is 3.14. The molecule has 1 saturated heterocycles. The van der Waals surface area contributed by atoms with Gasteiger partial charge in [-0.25, -0.2) is 9.97 Å². The smallest absolute Gasteiger partial charge is 0.155 e. The van der Waals surface area contributed by atoms with Gasteiger partial charge in [0.15, 0.2) is 5.15 Å². The van der Waals surface area contributed by atoms with Crippen molar-refractivity contribution in [2.75, 3.05) is 13.2 Å². The lowest BCUT2D eigenvalue weighted by Gasteiger charge is -2.20. The Kier molecular flexibility index (Phi) is 3.06. The van der Waals surface area contributed by atoms with Crippen LogP contribution >= 0.6 is 27.5 Å². The maximum absolute atomic E-state index is 6.09. The number of hydrogen-bond donors (Lipinski definition) is 0. The summed E-state index contributed by atoms with van der Waals surface area (Å²) in [5, 5.41) is 0.477. The Labute approximate surface area is 112 Å². The molecule has 17 heavy (non-hydrogen) atoms. The van der Waals surface area contributed by atoms with Crippen LogP contribution in [0.3, 0.4) is 0 Å². The number of imidazole rings is 1. The molecule has 4 nitrogen and oxygen atoms in total. The number of aromatic nitrogens is 3. The van der Waals surface area contributed by atoms with Crippen LogP contribution in [0.5, 0.6) is 0 Å². The first-order valence-electron chi connectivity index (χ1n) is 5.53. The molecule has 1 aliphatic rings. The number of halogens is 2. The monoisotopic (exact) mass is 315 g/mol. The molecule has 0 unspecified atom stereocenters. The minimum absolute atomic E-state index is 0.431. The number of nitrogens with zero attached hydrogens (tertiary/aromatic N) is 3. The lowest BCUT2D eigenvalue weighted by atomic mass is 10.00. The highest BCUT2D eigenvalue weighted by Crippen LogP contribution is 2.31. The highest BCUT2D eigenvalue weighted by molar-refractivity contribution is 9.10. The number of fused-ring (bicyclic) bond motifs is 1. The van der Waals surface area contributed by atoms with Gasteiger partial charge >= 0.3 is 0 Å². The summed E-state index contributed by atoms with van der Waals surface area (Å²) < 4.78 is 8.16. The summed E-state index contributed by atoms with van der Waals surface area (Å²) >= 11 is 9.54. The summed E-state index contributed by atoms with van der Waals surface area (Å²) in [4.78, 5) is 8.65. The minimum Gasteiger partial charge on any atom is -0.381 e. The Hall–Kier alpha value is -0.650. The standard InChI is InChI=1S/C11H11BrClN3O/c12-9-8-10(13)14-3-4-16(8)11(15-9)7-1-5-17-6-2-7/h3-4,7H,1-2,5-6H2. The maximum atomic E-state index is 6.09. The molecule has 1 fully saturated rings. The second-order valence-electron chi connectivity index (χ2n) is 4.08. The summed E-state index contributed by atoms with van der Waals surface area (Å²) in [5.41, 5.74) is 0.843. The molecule has 1 aliphatic heterocycles. The molecule has 90 valence electrons. The zero-order valence-electron chi connectivity index (χ0n) is 9.07. The molecule has 2 aromatic heterocycles. The molecule has 0 N–H and O–H groups in total. The molecule has 2 aromatic rings. The predicted octanol–water partition coefficient (Wildman–Crippen LogP) is 3.04. The fraction of sp³-hybridized carbons (Fsp3) is 0.455. The highest BCUT2D eigenvalue weighted by atomic mass is 79.9. The fourth-order valence-electron chi connectivity index (χ4n) is 2.23. The van der Waals surface area contributed by atoms with Crippen LogP contribution in [0.2, 0.25) is 5.15 Å². The molecular weight excluding hydrogens is 305 g/mol. The van der Waals surface area contributed by atoms with Crippen molar-refractivity contribution in [3.05, 3.63) is 28.0 Å². The van der Waals surface area contributed by atoms with E-state index < -0.39 is 0 Å². The molecule has 0 aliphatic carbocycles. The first kappa shape index (κ1) is 11.4. The first-order valence-corrected chi connectivity index (χ1v) is 6.70. The van der Waals surface area contributed by atoms with Crippen LogP contribution in [0.1, 0.15) is 24.6 Å². The van der Waals surface area contributed by atoms with E-state index in [4.69, 9.17) is 16.3 Å². The molecule has 0 atom stereocenters. The highest BCUT2D eigenvalue weighted by Gasteiger charge is 2.22. The molecular formula is C11H11BrClN3O. The van der Waals surface area contributed by atoms with Gasteiger partial charge in [0.05, 0.1) is 0 Å². The number of ether oxygens (including phenoxy) is 1. The van der Waals surface area contributed by atoms with Gasteiger partial charge in [-0.1, -0.05) is 11.6 Å². The van der Waals surface area contributed by atoms with Crippen LogP contribution in [-0.2, 0) is 4.74 Å². The van der Waals surface area contributed by atoms with E-state index in [1.165, 1.54) is 0 Å². The van der Waals surface area contributed by atoms with Crippen LogP contribution in [0.4, 0.5) is 0 Å². The van der Waals surface area contributed by atoms with E-state index >= 15 is 0 Å². The van der Waals surface area contributed by atoms with E-state index in [1.54, 1.807) is 6.20 Å². The van der Waals surface area contributed by atoms with Gasteiger partial charge in [-0.15, -0.1) is 0 Å². The van der Waals surface area contributed by atoms with E-state index in [0.717, 1.165) is 42.0 Å². The van der Waals surface area contributed by atoms with E-state index in [1.807, 2.05) is 10.6 Å². The minimum atomic E-state index is 0.431. The topological polar surface area (TPSA) is 39.4 Å². The van der Waals surface area contributed by atoms with Gasteiger partial charge in [0.25, 0.3) is 0 Å².